The van der Waals surface area contributed by atoms with Gasteiger partial charge in [0.25, 0.3) is 0 Å². The van der Waals surface area contributed by atoms with Gasteiger partial charge in [-0.1, -0.05) is 41.5 Å². The Kier molecular flexibility index (Phi) is 6.78. The SMILES string of the molecule is CC(C)[Si](C#C[C@H]1CC[C@H]2CCN(C(=O)OC(C)(C)C)[C@H]21)(C(C)C)C(C)C. The Morgan fingerprint density at radius 3 is 2.04 bits per heavy atom. The summed E-state index contributed by atoms with van der Waals surface area (Å²) in [5, 5.41) is 0. The molecule has 1 saturated carbocycles. The van der Waals surface area contributed by atoms with Crippen LogP contribution in [-0.4, -0.2) is 37.3 Å². The van der Waals surface area contributed by atoms with Crippen LogP contribution in [0.3, 0.4) is 0 Å². The summed E-state index contributed by atoms with van der Waals surface area (Å²) >= 11 is 0. The molecule has 0 bridgehead atoms. The molecule has 27 heavy (non-hydrogen) atoms. The normalized spacial score (nSPS) is 25.8. The van der Waals surface area contributed by atoms with E-state index in [1.807, 2.05) is 25.7 Å². The van der Waals surface area contributed by atoms with Crippen molar-refractivity contribution in [1.82, 2.24) is 4.90 Å². The molecule has 2 fully saturated rings. The lowest BCUT2D eigenvalue weighted by molar-refractivity contribution is 0.0198. The van der Waals surface area contributed by atoms with Crippen LogP contribution in [0.25, 0.3) is 0 Å². The first-order valence-electron chi connectivity index (χ1n) is 10.9. The number of hydrogen-bond acceptors (Lipinski definition) is 2. The molecule has 1 amide bonds. The number of carbonyl (C=O) groups excluding carboxylic acids is 1. The zero-order valence-corrected chi connectivity index (χ0v) is 20.1. The van der Waals surface area contributed by atoms with E-state index in [4.69, 9.17) is 4.74 Å². The average Bonchev–Trinajstić information content (AvgIpc) is 3.07. The van der Waals surface area contributed by atoms with Crippen LogP contribution in [-0.2, 0) is 4.74 Å². The van der Waals surface area contributed by atoms with Crippen molar-refractivity contribution in [2.24, 2.45) is 11.8 Å². The minimum atomic E-state index is -1.72. The van der Waals surface area contributed by atoms with Crippen LogP contribution >= 0.6 is 0 Å². The molecule has 3 atom stereocenters. The molecule has 1 aliphatic heterocycles. The summed E-state index contributed by atoms with van der Waals surface area (Å²) in [5.74, 6) is 4.66. The second-order valence-corrected chi connectivity index (χ2v) is 16.1. The monoisotopic (exact) mass is 391 g/mol. The molecule has 1 heterocycles. The van der Waals surface area contributed by atoms with Gasteiger partial charge in [-0.15, -0.1) is 11.5 Å². The zero-order valence-electron chi connectivity index (χ0n) is 19.1. The fraction of sp³-hybridized carbons (Fsp3) is 0.870. The highest BCUT2D eigenvalue weighted by molar-refractivity contribution is 6.90. The minimum absolute atomic E-state index is 0.149. The van der Waals surface area contributed by atoms with E-state index >= 15 is 0 Å². The highest BCUT2D eigenvalue weighted by Gasteiger charge is 2.47. The van der Waals surface area contributed by atoms with Gasteiger partial charge in [0.05, 0.1) is 6.04 Å². The van der Waals surface area contributed by atoms with Gasteiger partial charge in [0.15, 0.2) is 0 Å². The Labute approximate surface area is 168 Å². The number of carbonyl (C=O) groups is 1. The van der Waals surface area contributed by atoms with Crippen LogP contribution < -0.4 is 0 Å². The number of ether oxygens (including phenoxy) is 1. The molecule has 2 aliphatic rings. The lowest BCUT2D eigenvalue weighted by atomic mass is 9.99. The zero-order chi connectivity index (χ0) is 20.6. The molecule has 0 aromatic rings. The molecule has 4 heteroatoms. The van der Waals surface area contributed by atoms with Gasteiger partial charge in [-0.25, -0.2) is 4.79 Å². The molecule has 0 N–H and O–H groups in total. The Bertz CT molecular complexity index is 572. The van der Waals surface area contributed by atoms with Crippen LogP contribution in [0.2, 0.25) is 16.6 Å². The average molecular weight is 392 g/mol. The number of hydrogen-bond donors (Lipinski definition) is 0. The van der Waals surface area contributed by atoms with E-state index < -0.39 is 13.7 Å². The van der Waals surface area contributed by atoms with E-state index in [1.165, 1.54) is 6.42 Å². The molecule has 1 aliphatic carbocycles. The van der Waals surface area contributed by atoms with Crippen molar-refractivity contribution in [3.05, 3.63) is 0 Å². The number of rotatable bonds is 3. The molecule has 154 valence electrons. The van der Waals surface area contributed by atoms with E-state index in [-0.39, 0.29) is 12.1 Å². The number of amides is 1. The fourth-order valence-electron chi connectivity index (χ4n) is 5.65. The van der Waals surface area contributed by atoms with Crippen molar-refractivity contribution in [2.75, 3.05) is 6.54 Å². The van der Waals surface area contributed by atoms with Crippen LogP contribution in [0.4, 0.5) is 4.79 Å². The van der Waals surface area contributed by atoms with Crippen molar-refractivity contribution >= 4 is 14.2 Å². The van der Waals surface area contributed by atoms with Gasteiger partial charge in [0.2, 0.25) is 0 Å². The lowest BCUT2D eigenvalue weighted by Crippen LogP contribution is -2.44. The van der Waals surface area contributed by atoms with E-state index in [0.29, 0.717) is 28.5 Å². The first kappa shape index (κ1) is 22.3. The highest BCUT2D eigenvalue weighted by atomic mass is 28.3. The van der Waals surface area contributed by atoms with E-state index in [2.05, 4.69) is 53.0 Å². The Balaban J connectivity index is 2.27. The molecule has 0 unspecified atom stereocenters. The summed E-state index contributed by atoms with van der Waals surface area (Å²) in [6.07, 6.45) is 3.27. The van der Waals surface area contributed by atoms with Gasteiger partial charge in [0.1, 0.15) is 13.7 Å². The van der Waals surface area contributed by atoms with Crippen molar-refractivity contribution in [3.63, 3.8) is 0 Å². The summed E-state index contributed by atoms with van der Waals surface area (Å²) in [7, 11) is -1.72. The third-order valence-electron chi connectivity index (χ3n) is 6.81. The highest BCUT2D eigenvalue weighted by Crippen LogP contribution is 2.44. The number of fused-ring (bicyclic) bond motifs is 1. The minimum Gasteiger partial charge on any atom is -0.444 e. The van der Waals surface area contributed by atoms with Crippen molar-refractivity contribution in [2.45, 2.75) is 110 Å². The third-order valence-corrected chi connectivity index (χ3v) is 13.1. The Morgan fingerprint density at radius 2 is 1.56 bits per heavy atom. The van der Waals surface area contributed by atoms with Gasteiger partial charge >= 0.3 is 6.09 Å². The Morgan fingerprint density at radius 1 is 1.00 bits per heavy atom. The van der Waals surface area contributed by atoms with Crippen molar-refractivity contribution < 1.29 is 9.53 Å². The fourth-order valence-corrected chi connectivity index (χ4v) is 10.9. The van der Waals surface area contributed by atoms with Crippen molar-refractivity contribution in [1.29, 1.82) is 0 Å². The summed E-state index contributed by atoms with van der Waals surface area (Å²) in [6, 6.07) is 0.255. The van der Waals surface area contributed by atoms with Gasteiger partial charge < -0.3 is 9.64 Å². The lowest BCUT2D eigenvalue weighted by Gasteiger charge is -2.38. The van der Waals surface area contributed by atoms with Gasteiger partial charge in [-0.3, -0.25) is 0 Å². The number of likely N-dealkylation sites (tertiary alicyclic amines) is 1. The summed E-state index contributed by atoms with van der Waals surface area (Å²) in [6.45, 7) is 20.8. The topological polar surface area (TPSA) is 29.5 Å². The third kappa shape index (κ3) is 4.55. The van der Waals surface area contributed by atoms with Crippen LogP contribution in [0.15, 0.2) is 0 Å². The predicted octanol–water partition coefficient (Wildman–Crippen LogP) is 6.24. The maximum absolute atomic E-state index is 12.7. The van der Waals surface area contributed by atoms with Crippen LogP contribution in [0.5, 0.6) is 0 Å². The van der Waals surface area contributed by atoms with E-state index in [0.717, 1.165) is 19.4 Å². The van der Waals surface area contributed by atoms with E-state index in [1.54, 1.807) is 0 Å². The molecule has 0 aromatic heterocycles. The molecule has 1 saturated heterocycles. The maximum atomic E-state index is 12.7. The van der Waals surface area contributed by atoms with Gasteiger partial charge in [-0.2, -0.15) is 0 Å². The Hall–Kier alpha value is -0.953. The molecule has 0 spiro atoms. The largest absolute Gasteiger partial charge is 0.444 e. The molecule has 2 rings (SSSR count). The molecular formula is C23H41NO2Si. The van der Waals surface area contributed by atoms with Crippen molar-refractivity contribution in [3.8, 4) is 11.5 Å². The van der Waals surface area contributed by atoms with Gasteiger partial charge in [0, 0.05) is 12.5 Å². The maximum Gasteiger partial charge on any atom is 0.410 e. The summed E-state index contributed by atoms with van der Waals surface area (Å²) in [5.41, 5.74) is 5.40. The summed E-state index contributed by atoms with van der Waals surface area (Å²) in [4.78, 5) is 14.7. The molecular weight excluding hydrogens is 350 g/mol. The number of nitrogens with zero attached hydrogens (tertiary/aromatic N) is 1. The first-order valence-corrected chi connectivity index (χ1v) is 13.2. The predicted molar refractivity (Wildman–Crippen MR) is 116 cm³/mol. The smallest absolute Gasteiger partial charge is 0.410 e. The molecule has 0 aromatic carbocycles. The van der Waals surface area contributed by atoms with Crippen LogP contribution in [0.1, 0.15) is 81.6 Å². The quantitative estimate of drug-likeness (QED) is 0.421. The van der Waals surface area contributed by atoms with Gasteiger partial charge in [-0.05, 0) is 62.6 Å². The second-order valence-electron chi connectivity index (χ2n) is 10.6. The molecule has 3 nitrogen and oxygen atoms in total. The standard InChI is InChI=1S/C23H41NO2Si/c1-16(2)27(17(3)4,18(5)6)15-13-20-11-10-19-12-14-24(21(19)20)22(25)26-23(7,8)9/h16-21H,10-12,14H2,1-9H3/t19-,20+,21+/m0/s1. The second kappa shape index (κ2) is 8.19. The molecule has 0 radical (unpaired) electrons. The summed E-state index contributed by atoms with van der Waals surface area (Å²) < 4.78 is 5.69. The first-order chi connectivity index (χ1) is 12.4. The van der Waals surface area contributed by atoms with E-state index in [9.17, 15) is 4.79 Å². The van der Waals surface area contributed by atoms with Crippen LogP contribution in [0, 0.1) is 23.3 Å².